The summed E-state index contributed by atoms with van der Waals surface area (Å²) in [7, 11) is 0. The molecular formula is C38H38FN3O5. The topological polar surface area (TPSA) is 114 Å². The number of carbonyl (C=O) groups excluding carboxylic acids is 2. The number of ketones is 1. The maximum atomic E-state index is 14.1. The highest BCUT2D eigenvalue weighted by molar-refractivity contribution is 5.89. The molecule has 2 aromatic heterocycles. The number of ether oxygens (including phenoxy) is 2. The van der Waals surface area contributed by atoms with Gasteiger partial charge in [-0.15, -0.1) is 0 Å². The number of nitrogens with zero attached hydrogens (tertiary/aromatic N) is 1. The Kier molecular flexibility index (Phi) is 9.75. The summed E-state index contributed by atoms with van der Waals surface area (Å²) in [5, 5.41) is 15.7. The van der Waals surface area contributed by atoms with Gasteiger partial charge in [-0.3, -0.25) is 9.78 Å². The Morgan fingerprint density at radius 1 is 0.979 bits per heavy atom. The molecule has 3 aromatic carbocycles. The van der Waals surface area contributed by atoms with Crippen molar-refractivity contribution in [2.24, 2.45) is 5.41 Å². The van der Waals surface area contributed by atoms with Crippen molar-refractivity contribution in [3.63, 3.8) is 0 Å². The van der Waals surface area contributed by atoms with E-state index < -0.39 is 17.5 Å². The lowest BCUT2D eigenvalue weighted by atomic mass is 9.68. The molecule has 8 nitrogen and oxygen atoms in total. The van der Waals surface area contributed by atoms with Crippen molar-refractivity contribution < 1.29 is 28.6 Å². The molecule has 0 radical (unpaired) electrons. The molecule has 0 amide bonds. The minimum absolute atomic E-state index is 0.0987. The molecular weight excluding hydrogens is 597 g/mol. The fourth-order valence-corrected chi connectivity index (χ4v) is 6.64. The summed E-state index contributed by atoms with van der Waals surface area (Å²) in [6, 6.07) is 23.4. The fourth-order valence-electron chi connectivity index (χ4n) is 6.64. The van der Waals surface area contributed by atoms with Crippen molar-refractivity contribution in [3.8, 4) is 28.1 Å². The number of rotatable bonds is 12. The second kappa shape index (κ2) is 14.3. The van der Waals surface area contributed by atoms with Gasteiger partial charge < -0.3 is 24.9 Å². The standard InChI is InChI=1S/C38H38FN3O5/c1-2-46-35(44)24-47-37(38(15-18-40-19-16-38)22-26-8-12-29(39)13-9-26)34(43)20-25-6-10-27(11-7-25)30-4-3-5-31(36(30)45)32-21-28-14-17-41-23-33(28)42-32/h3-14,17,21,23,37,40,42,45H,2,15-16,18-20,22,24H2,1H3. The van der Waals surface area contributed by atoms with E-state index in [1.807, 2.05) is 54.6 Å². The number of pyridine rings is 1. The van der Waals surface area contributed by atoms with Crippen molar-refractivity contribution in [2.45, 2.75) is 38.7 Å². The zero-order valence-electron chi connectivity index (χ0n) is 26.3. The third kappa shape index (κ3) is 7.26. The molecule has 1 fully saturated rings. The number of fused-ring (bicyclic) bond motifs is 1. The molecule has 0 aliphatic carbocycles. The number of carbonyl (C=O) groups is 2. The normalized spacial score (nSPS) is 14.9. The molecule has 1 unspecified atom stereocenters. The number of benzene rings is 3. The number of Topliss-reactive ketones (excluding diaryl/α,β-unsaturated/α-hetero) is 1. The van der Waals surface area contributed by atoms with Crippen molar-refractivity contribution in [1.82, 2.24) is 15.3 Å². The number of phenols is 1. The van der Waals surface area contributed by atoms with Gasteiger partial charge in [0.25, 0.3) is 0 Å². The average molecular weight is 636 g/mol. The van der Waals surface area contributed by atoms with Gasteiger partial charge in [0.2, 0.25) is 0 Å². The van der Waals surface area contributed by atoms with E-state index >= 15 is 0 Å². The zero-order valence-corrected chi connectivity index (χ0v) is 26.3. The first-order valence-corrected chi connectivity index (χ1v) is 15.9. The van der Waals surface area contributed by atoms with E-state index in [9.17, 15) is 19.1 Å². The van der Waals surface area contributed by atoms with Crippen LogP contribution in [0.3, 0.4) is 0 Å². The Labute approximate surface area is 273 Å². The summed E-state index contributed by atoms with van der Waals surface area (Å²) in [6.45, 7) is 3.00. The summed E-state index contributed by atoms with van der Waals surface area (Å²) in [6.07, 6.45) is 4.54. The molecule has 1 aliphatic rings. The van der Waals surface area contributed by atoms with Crippen LogP contribution in [0.5, 0.6) is 5.75 Å². The number of nitrogens with one attached hydrogen (secondary N) is 2. The Bertz CT molecular complexity index is 1810. The second-order valence-corrected chi connectivity index (χ2v) is 12.1. The summed E-state index contributed by atoms with van der Waals surface area (Å²) in [5.74, 6) is -0.828. The van der Waals surface area contributed by atoms with Crippen LogP contribution in [0.15, 0.2) is 91.3 Å². The van der Waals surface area contributed by atoms with Crippen molar-refractivity contribution in [1.29, 1.82) is 0 Å². The van der Waals surface area contributed by atoms with E-state index in [1.165, 1.54) is 12.1 Å². The number of para-hydroxylation sites is 1. The Hall–Kier alpha value is -4.86. The summed E-state index contributed by atoms with van der Waals surface area (Å²) in [4.78, 5) is 33.9. The first-order chi connectivity index (χ1) is 22.8. The lowest BCUT2D eigenvalue weighted by Gasteiger charge is -2.43. The number of esters is 1. The molecule has 5 aromatic rings. The van der Waals surface area contributed by atoms with Crippen LogP contribution in [-0.2, 0) is 31.9 Å². The molecule has 0 saturated carbocycles. The maximum absolute atomic E-state index is 14.1. The number of halogens is 1. The summed E-state index contributed by atoms with van der Waals surface area (Å²) < 4.78 is 25.0. The zero-order chi connectivity index (χ0) is 32.8. The molecule has 6 rings (SSSR count). The molecule has 242 valence electrons. The van der Waals surface area contributed by atoms with Crippen molar-refractivity contribution in [3.05, 3.63) is 108 Å². The van der Waals surface area contributed by atoms with Crippen LogP contribution in [0.2, 0.25) is 0 Å². The molecule has 47 heavy (non-hydrogen) atoms. The Morgan fingerprint density at radius 2 is 1.70 bits per heavy atom. The van der Waals surface area contributed by atoms with Gasteiger partial charge in [-0.05, 0) is 86.3 Å². The van der Waals surface area contributed by atoms with Crippen LogP contribution in [0.25, 0.3) is 33.3 Å². The molecule has 1 saturated heterocycles. The highest BCUT2D eigenvalue weighted by Gasteiger charge is 2.44. The van der Waals surface area contributed by atoms with Crippen LogP contribution >= 0.6 is 0 Å². The first-order valence-electron chi connectivity index (χ1n) is 15.9. The van der Waals surface area contributed by atoms with Gasteiger partial charge in [-0.25, -0.2) is 9.18 Å². The fraction of sp³-hybridized carbons (Fsp3) is 0.289. The van der Waals surface area contributed by atoms with Crippen molar-refractivity contribution in [2.75, 3.05) is 26.3 Å². The highest BCUT2D eigenvalue weighted by Crippen LogP contribution is 2.41. The van der Waals surface area contributed by atoms with E-state index in [2.05, 4.69) is 15.3 Å². The van der Waals surface area contributed by atoms with Crippen molar-refractivity contribution >= 4 is 22.7 Å². The summed E-state index contributed by atoms with van der Waals surface area (Å²) in [5.41, 5.74) is 4.92. The van der Waals surface area contributed by atoms with Crippen LogP contribution in [0.1, 0.15) is 30.9 Å². The van der Waals surface area contributed by atoms with Gasteiger partial charge >= 0.3 is 5.97 Å². The molecule has 1 aliphatic heterocycles. The average Bonchev–Trinajstić information content (AvgIpc) is 3.51. The predicted molar refractivity (Wildman–Crippen MR) is 178 cm³/mol. The molecule has 3 heterocycles. The minimum atomic E-state index is -0.869. The predicted octanol–water partition coefficient (Wildman–Crippen LogP) is 6.41. The van der Waals surface area contributed by atoms with E-state index in [0.29, 0.717) is 43.5 Å². The number of aromatic nitrogens is 2. The van der Waals surface area contributed by atoms with E-state index in [0.717, 1.165) is 33.3 Å². The number of hydrogen-bond donors (Lipinski definition) is 3. The van der Waals surface area contributed by atoms with Gasteiger partial charge in [-0.1, -0.05) is 48.5 Å². The number of H-pyrrole nitrogens is 1. The van der Waals surface area contributed by atoms with Gasteiger partial charge in [0.05, 0.1) is 24.0 Å². The van der Waals surface area contributed by atoms with Gasteiger partial charge in [0, 0.05) is 34.5 Å². The van der Waals surface area contributed by atoms with Crippen LogP contribution in [0, 0.1) is 11.2 Å². The molecule has 0 bridgehead atoms. The SMILES string of the molecule is CCOC(=O)COC(C(=O)Cc1ccc(-c2cccc(-c3cc4ccncc4[nH]3)c2O)cc1)C1(Cc2ccc(F)cc2)CCNCC1. The van der Waals surface area contributed by atoms with Crippen LogP contribution < -0.4 is 5.32 Å². The smallest absolute Gasteiger partial charge is 0.332 e. The number of piperidine rings is 1. The molecule has 3 N–H and O–H groups in total. The lowest BCUT2D eigenvalue weighted by Crippen LogP contribution is -2.51. The third-order valence-corrected chi connectivity index (χ3v) is 8.98. The van der Waals surface area contributed by atoms with E-state index in [1.54, 1.807) is 31.5 Å². The number of aromatic amines is 1. The quantitative estimate of drug-likeness (QED) is 0.136. The first kappa shape index (κ1) is 32.1. The summed E-state index contributed by atoms with van der Waals surface area (Å²) >= 11 is 0. The third-order valence-electron chi connectivity index (χ3n) is 8.98. The number of hydrogen-bond acceptors (Lipinski definition) is 7. The van der Waals surface area contributed by atoms with Crippen LogP contribution in [0.4, 0.5) is 4.39 Å². The highest BCUT2D eigenvalue weighted by atomic mass is 19.1. The Balaban J connectivity index is 1.24. The molecule has 1 atom stereocenters. The maximum Gasteiger partial charge on any atom is 0.332 e. The minimum Gasteiger partial charge on any atom is -0.507 e. The lowest BCUT2D eigenvalue weighted by molar-refractivity contribution is -0.159. The van der Waals surface area contributed by atoms with E-state index in [-0.39, 0.29) is 37.0 Å². The van der Waals surface area contributed by atoms with Gasteiger partial charge in [0.15, 0.2) is 5.78 Å². The number of phenolic OH excluding ortho intramolecular Hbond substituents is 1. The monoisotopic (exact) mass is 635 g/mol. The van der Waals surface area contributed by atoms with E-state index in [4.69, 9.17) is 9.47 Å². The number of aromatic hydroxyl groups is 1. The molecule has 9 heteroatoms. The molecule has 0 spiro atoms. The van der Waals surface area contributed by atoms with Crippen LogP contribution in [-0.4, -0.2) is 59.2 Å². The van der Waals surface area contributed by atoms with Gasteiger partial charge in [-0.2, -0.15) is 0 Å². The largest absolute Gasteiger partial charge is 0.507 e. The van der Waals surface area contributed by atoms with Gasteiger partial charge in [0.1, 0.15) is 24.3 Å². The second-order valence-electron chi connectivity index (χ2n) is 12.1. The Morgan fingerprint density at radius 3 is 2.43 bits per heavy atom.